The Bertz CT molecular complexity index is 1070. The molecule has 3 aromatic rings. The van der Waals surface area contributed by atoms with E-state index in [-0.39, 0.29) is 12.0 Å². The number of fused-ring (bicyclic) bond motifs is 1. The number of rotatable bonds is 12. The minimum atomic E-state index is -0.265. The first kappa shape index (κ1) is 24.3. The summed E-state index contributed by atoms with van der Waals surface area (Å²) in [4.78, 5) is 17.0. The van der Waals surface area contributed by atoms with Crippen molar-refractivity contribution in [3.63, 3.8) is 0 Å². The highest BCUT2D eigenvalue weighted by atomic mass is 16.5. The van der Waals surface area contributed by atoms with Crippen molar-refractivity contribution in [2.45, 2.75) is 70.9 Å². The van der Waals surface area contributed by atoms with Gasteiger partial charge in [0.1, 0.15) is 17.7 Å². The van der Waals surface area contributed by atoms with Crippen molar-refractivity contribution in [2.24, 2.45) is 0 Å². The van der Waals surface area contributed by atoms with E-state index in [2.05, 4.69) is 60.1 Å². The summed E-state index contributed by atoms with van der Waals surface area (Å²) in [6, 6.07) is 16.6. The number of benzene rings is 2. The van der Waals surface area contributed by atoms with Gasteiger partial charge < -0.3 is 19.4 Å². The summed E-state index contributed by atoms with van der Waals surface area (Å²) in [5.74, 6) is 2.55. The molecule has 4 rings (SSSR count). The number of hydrogen-bond donors (Lipinski definition) is 1. The fourth-order valence-electron chi connectivity index (χ4n) is 4.57. The molecular formula is C28H37N3O3. The lowest BCUT2D eigenvalue weighted by atomic mass is 10.0. The van der Waals surface area contributed by atoms with E-state index in [0.29, 0.717) is 25.7 Å². The lowest BCUT2D eigenvalue weighted by Gasteiger charge is -2.14. The highest BCUT2D eigenvalue weighted by Gasteiger charge is 2.22. The summed E-state index contributed by atoms with van der Waals surface area (Å²) in [6.07, 6.45) is 5.23. The number of para-hydroxylation sites is 3. The molecule has 1 aliphatic heterocycles. The smallest absolute Gasteiger partial charge is 0.249 e. The SMILES string of the molecule is CC(C)c1ccccc1OCCCCn1c(CCCNC(=O)C2CCCO2)nc2ccccc21. The van der Waals surface area contributed by atoms with Crippen molar-refractivity contribution in [3.05, 3.63) is 59.9 Å². The van der Waals surface area contributed by atoms with Gasteiger partial charge in [-0.3, -0.25) is 4.79 Å². The quantitative estimate of drug-likeness (QED) is 0.373. The van der Waals surface area contributed by atoms with Gasteiger partial charge >= 0.3 is 0 Å². The van der Waals surface area contributed by atoms with Crippen LogP contribution in [0.1, 0.15) is 63.3 Å². The van der Waals surface area contributed by atoms with Crippen LogP contribution in [0.25, 0.3) is 11.0 Å². The molecule has 1 unspecified atom stereocenters. The van der Waals surface area contributed by atoms with Crippen LogP contribution in [0.2, 0.25) is 0 Å². The molecule has 182 valence electrons. The molecule has 1 saturated heterocycles. The standard InChI is InChI=1S/C28H37N3O3/c1-21(2)22-11-3-6-14-25(22)33-19-8-7-18-31-24-13-5-4-12-23(24)30-27(31)16-9-17-29-28(32)26-15-10-20-34-26/h3-6,11-14,21,26H,7-10,15-20H2,1-2H3,(H,29,32). The summed E-state index contributed by atoms with van der Waals surface area (Å²) in [7, 11) is 0. The van der Waals surface area contributed by atoms with E-state index in [9.17, 15) is 4.79 Å². The molecule has 1 aliphatic rings. The van der Waals surface area contributed by atoms with Gasteiger partial charge in [-0.1, -0.05) is 44.2 Å². The lowest BCUT2D eigenvalue weighted by Crippen LogP contribution is -2.34. The molecule has 1 fully saturated rings. The maximum Gasteiger partial charge on any atom is 0.249 e. The molecule has 1 aromatic heterocycles. The van der Waals surface area contributed by atoms with Gasteiger partial charge in [0, 0.05) is 26.1 Å². The number of carbonyl (C=O) groups is 1. The first-order valence-electron chi connectivity index (χ1n) is 12.7. The van der Waals surface area contributed by atoms with Crippen LogP contribution in [-0.4, -0.2) is 41.3 Å². The molecule has 34 heavy (non-hydrogen) atoms. The van der Waals surface area contributed by atoms with Gasteiger partial charge in [0.05, 0.1) is 17.6 Å². The Morgan fingerprint density at radius 1 is 1.15 bits per heavy atom. The van der Waals surface area contributed by atoms with Gasteiger partial charge in [-0.2, -0.15) is 0 Å². The summed E-state index contributed by atoms with van der Waals surface area (Å²) in [5.41, 5.74) is 3.46. The van der Waals surface area contributed by atoms with Gasteiger partial charge in [0.2, 0.25) is 5.91 Å². The second-order valence-electron chi connectivity index (χ2n) is 9.31. The maximum absolute atomic E-state index is 12.2. The molecule has 0 bridgehead atoms. The number of carbonyl (C=O) groups excluding carboxylic acids is 1. The Labute approximate surface area is 202 Å². The van der Waals surface area contributed by atoms with Gasteiger partial charge in [0.25, 0.3) is 0 Å². The average molecular weight is 464 g/mol. The Morgan fingerprint density at radius 2 is 1.97 bits per heavy atom. The Kier molecular flexibility index (Phi) is 8.58. The number of unbranched alkanes of at least 4 members (excludes halogenated alkanes) is 1. The number of nitrogens with zero attached hydrogens (tertiary/aromatic N) is 2. The second-order valence-corrected chi connectivity index (χ2v) is 9.31. The van der Waals surface area contributed by atoms with Crippen LogP contribution in [0.4, 0.5) is 0 Å². The summed E-state index contributed by atoms with van der Waals surface area (Å²) in [6.45, 7) is 7.35. The van der Waals surface area contributed by atoms with Gasteiger partial charge in [0.15, 0.2) is 0 Å². The predicted molar refractivity (Wildman–Crippen MR) is 135 cm³/mol. The molecule has 0 saturated carbocycles. The third kappa shape index (κ3) is 6.17. The van der Waals surface area contributed by atoms with Crippen LogP contribution >= 0.6 is 0 Å². The van der Waals surface area contributed by atoms with Crippen LogP contribution < -0.4 is 10.1 Å². The molecule has 0 spiro atoms. The highest BCUT2D eigenvalue weighted by molar-refractivity contribution is 5.80. The zero-order valence-electron chi connectivity index (χ0n) is 20.5. The molecule has 2 heterocycles. The highest BCUT2D eigenvalue weighted by Crippen LogP contribution is 2.26. The number of amides is 1. The molecule has 0 aliphatic carbocycles. The number of imidazole rings is 1. The van der Waals surface area contributed by atoms with E-state index in [1.54, 1.807) is 0 Å². The van der Waals surface area contributed by atoms with Crippen molar-refractivity contribution in [3.8, 4) is 5.75 Å². The van der Waals surface area contributed by atoms with Gasteiger partial charge in [-0.25, -0.2) is 4.98 Å². The number of aromatic nitrogens is 2. The van der Waals surface area contributed by atoms with Crippen molar-refractivity contribution in [1.82, 2.24) is 14.9 Å². The fraction of sp³-hybridized carbons (Fsp3) is 0.500. The second kappa shape index (κ2) is 12.0. The number of nitrogens with one attached hydrogen (secondary N) is 1. The zero-order chi connectivity index (χ0) is 23.8. The molecule has 6 nitrogen and oxygen atoms in total. The van der Waals surface area contributed by atoms with Crippen molar-refractivity contribution in [1.29, 1.82) is 0 Å². The average Bonchev–Trinajstić information content (AvgIpc) is 3.50. The number of ether oxygens (including phenoxy) is 2. The van der Waals surface area contributed by atoms with E-state index in [1.165, 1.54) is 11.1 Å². The fourth-order valence-corrected chi connectivity index (χ4v) is 4.57. The Morgan fingerprint density at radius 3 is 2.79 bits per heavy atom. The molecule has 1 atom stereocenters. The van der Waals surface area contributed by atoms with Crippen LogP contribution in [0.5, 0.6) is 5.75 Å². The minimum absolute atomic E-state index is 0.0186. The van der Waals surface area contributed by atoms with E-state index < -0.39 is 0 Å². The van der Waals surface area contributed by atoms with E-state index in [4.69, 9.17) is 14.5 Å². The third-order valence-electron chi connectivity index (χ3n) is 6.41. The predicted octanol–water partition coefficient (Wildman–Crippen LogP) is 5.25. The summed E-state index contributed by atoms with van der Waals surface area (Å²) < 4.78 is 13.9. The maximum atomic E-state index is 12.2. The van der Waals surface area contributed by atoms with Crippen molar-refractivity contribution in [2.75, 3.05) is 19.8 Å². The Hall–Kier alpha value is -2.86. The van der Waals surface area contributed by atoms with E-state index in [0.717, 1.165) is 62.2 Å². The van der Waals surface area contributed by atoms with Crippen LogP contribution in [0.15, 0.2) is 48.5 Å². The molecule has 6 heteroatoms. The van der Waals surface area contributed by atoms with Gasteiger partial charge in [-0.05, 0) is 61.8 Å². The minimum Gasteiger partial charge on any atom is -0.493 e. The third-order valence-corrected chi connectivity index (χ3v) is 6.41. The number of hydrogen-bond acceptors (Lipinski definition) is 4. The van der Waals surface area contributed by atoms with Gasteiger partial charge in [-0.15, -0.1) is 0 Å². The van der Waals surface area contributed by atoms with E-state index >= 15 is 0 Å². The van der Waals surface area contributed by atoms with Crippen LogP contribution in [0, 0.1) is 0 Å². The molecular weight excluding hydrogens is 426 g/mol. The monoisotopic (exact) mass is 463 g/mol. The molecule has 1 N–H and O–H groups in total. The molecule has 0 radical (unpaired) electrons. The summed E-state index contributed by atoms with van der Waals surface area (Å²) >= 11 is 0. The number of aryl methyl sites for hydroxylation is 2. The zero-order valence-corrected chi connectivity index (χ0v) is 20.5. The first-order valence-corrected chi connectivity index (χ1v) is 12.7. The van der Waals surface area contributed by atoms with Crippen molar-refractivity contribution >= 4 is 16.9 Å². The normalized spacial score (nSPS) is 15.8. The van der Waals surface area contributed by atoms with Crippen LogP contribution in [0.3, 0.4) is 0 Å². The first-order chi connectivity index (χ1) is 16.6. The summed E-state index contributed by atoms with van der Waals surface area (Å²) in [5, 5.41) is 3.02. The largest absolute Gasteiger partial charge is 0.493 e. The van der Waals surface area contributed by atoms with E-state index in [1.807, 2.05) is 12.1 Å². The lowest BCUT2D eigenvalue weighted by molar-refractivity contribution is -0.130. The topological polar surface area (TPSA) is 65.4 Å². The molecule has 1 amide bonds. The Balaban J connectivity index is 1.28. The van der Waals surface area contributed by atoms with Crippen LogP contribution in [-0.2, 0) is 22.5 Å². The molecule has 2 aromatic carbocycles. The van der Waals surface area contributed by atoms with Crippen molar-refractivity contribution < 1.29 is 14.3 Å².